The van der Waals surface area contributed by atoms with Crippen molar-refractivity contribution in [3.05, 3.63) is 41.5 Å². The number of rotatable bonds is 11. The molecule has 0 saturated heterocycles. The highest BCUT2D eigenvalue weighted by Gasteiger charge is 2.15. The van der Waals surface area contributed by atoms with Gasteiger partial charge < -0.3 is 29.0 Å². The Morgan fingerprint density at radius 1 is 0.862 bits per heavy atom. The molecule has 0 aliphatic rings. The van der Waals surface area contributed by atoms with E-state index in [9.17, 15) is 4.79 Å². The Labute approximate surface area is 171 Å². The summed E-state index contributed by atoms with van der Waals surface area (Å²) < 4.78 is 27.1. The Morgan fingerprint density at radius 2 is 1.52 bits per heavy atom. The largest absolute Gasteiger partial charge is 0.493 e. The minimum atomic E-state index is -0.225. The van der Waals surface area contributed by atoms with Crippen LogP contribution in [0.3, 0.4) is 0 Å². The van der Waals surface area contributed by atoms with E-state index < -0.39 is 0 Å². The summed E-state index contributed by atoms with van der Waals surface area (Å²) in [4.78, 5) is 12.6. The van der Waals surface area contributed by atoms with E-state index in [-0.39, 0.29) is 5.91 Å². The molecule has 0 aliphatic carbocycles. The normalized spacial score (nSPS) is 10.2. The van der Waals surface area contributed by atoms with E-state index in [1.807, 2.05) is 0 Å². The number of methoxy groups -OCH3 is 4. The molecule has 0 unspecified atom stereocenters. The second-order valence-electron chi connectivity index (χ2n) is 6.28. The Bertz CT molecular complexity index is 796. The van der Waals surface area contributed by atoms with Gasteiger partial charge in [0.15, 0.2) is 23.0 Å². The summed E-state index contributed by atoms with van der Waals surface area (Å²) >= 11 is 0. The first-order valence-electron chi connectivity index (χ1n) is 9.45. The Kier molecular flexibility index (Phi) is 8.45. The van der Waals surface area contributed by atoms with Crippen LogP contribution >= 0.6 is 0 Å². The topological polar surface area (TPSA) is 75.3 Å². The fourth-order valence-corrected chi connectivity index (χ4v) is 2.78. The van der Waals surface area contributed by atoms with Gasteiger partial charge in [0.2, 0.25) is 5.75 Å². The lowest BCUT2D eigenvalue weighted by atomic mass is 10.1. The fourth-order valence-electron chi connectivity index (χ4n) is 2.78. The number of amides is 1. The number of unbranched alkanes of at least 4 members (excludes halogenated alkanes) is 1. The van der Waals surface area contributed by atoms with Crippen LogP contribution in [-0.2, 0) is 6.54 Å². The molecule has 1 N–H and O–H groups in total. The Morgan fingerprint density at radius 3 is 2.07 bits per heavy atom. The third-order valence-corrected chi connectivity index (χ3v) is 4.36. The lowest BCUT2D eigenvalue weighted by Crippen LogP contribution is -2.23. The molecule has 158 valence electrons. The summed E-state index contributed by atoms with van der Waals surface area (Å²) in [5.41, 5.74) is 1.30. The molecule has 2 aromatic carbocycles. The molecule has 0 spiro atoms. The molecule has 0 aromatic heterocycles. The molecule has 0 saturated carbocycles. The van der Waals surface area contributed by atoms with E-state index in [1.54, 1.807) is 58.8 Å². The van der Waals surface area contributed by atoms with Crippen molar-refractivity contribution in [2.45, 2.75) is 26.3 Å². The number of carbonyl (C=O) groups is 1. The quantitative estimate of drug-likeness (QED) is 0.575. The average molecular weight is 403 g/mol. The van der Waals surface area contributed by atoms with Crippen LogP contribution < -0.4 is 29.0 Å². The molecule has 0 fully saturated rings. The molecule has 0 bridgehead atoms. The first kappa shape index (κ1) is 22.2. The van der Waals surface area contributed by atoms with Gasteiger partial charge >= 0.3 is 0 Å². The predicted molar refractivity (Wildman–Crippen MR) is 111 cm³/mol. The van der Waals surface area contributed by atoms with Crippen molar-refractivity contribution in [2.24, 2.45) is 0 Å². The van der Waals surface area contributed by atoms with Gasteiger partial charge in [-0.2, -0.15) is 0 Å². The van der Waals surface area contributed by atoms with E-state index in [2.05, 4.69) is 12.2 Å². The van der Waals surface area contributed by atoms with E-state index in [0.29, 0.717) is 47.5 Å². The minimum absolute atomic E-state index is 0.225. The molecule has 29 heavy (non-hydrogen) atoms. The van der Waals surface area contributed by atoms with Gasteiger partial charge in [-0.1, -0.05) is 13.3 Å². The molecule has 7 heteroatoms. The molecular weight excluding hydrogens is 374 g/mol. The Balaban J connectivity index is 2.10. The summed E-state index contributed by atoms with van der Waals surface area (Å²) in [6.07, 6.45) is 2.00. The standard InChI is InChI=1S/C22H29NO6/c1-6-7-10-29-17-9-8-16(13-18(17)25-2)22(24)23-14-15-11-19(26-3)21(28-5)20(12-15)27-4/h8-9,11-13H,6-7,10,14H2,1-5H3,(H,23,24). The number of hydrogen-bond donors (Lipinski definition) is 1. The van der Waals surface area contributed by atoms with Gasteiger partial charge in [-0.05, 0) is 42.3 Å². The second kappa shape index (κ2) is 11.0. The highest BCUT2D eigenvalue weighted by atomic mass is 16.5. The lowest BCUT2D eigenvalue weighted by Gasteiger charge is -2.15. The number of carbonyl (C=O) groups excluding carboxylic acids is 1. The first-order valence-corrected chi connectivity index (χ1v) is 9.45. The fraction of sp³-hybridized carbons (Fsp3) is 0.409. The Hall–Kier alpha value is -3.09. The summed E-state index contributed by atoms with van der Waals surface area (Å²) in [6, 6.07) is 8.74. The van der Waals surface area contributed by atoms with Gasteiger partial charge in [0.05, 0.1) is 35.0 Å². The van der Waals surface area contributed by atoms with Crippen LogP contribution in [-0.4, -0.2) is 41.0 Å². The van der Waals surface area contributed by atoms with Crippen molar-refractivity contribution in [1.82, 2.24) is 5.32 Å². The predicted octanol–water partition coefficient (Wildman–Crippen LogP) is 3.83. The second-order valence-corrected chi connectivity index (χ2v) is 6.28. The SMILES string of the molecule is CCCCOc1ccc(C(=O)NCc2cc(OC)c(OC)c(OC)c2)cc1OC. The van der Waals surface area contributed by atoms with Gasteiger partial charge in [0, 0.05) is 12.1 Å². The van der Waals surface area contributed by atoms with Crippen LogP contribution in [0.5, 0.6) is 28.7 Å². The monoisotopic (exact) mass is 403 g/mol. The zero-order chi connectivity index (χ0) is 21.2. The van der Waals surface area contributed by atoms with Crippen molar-refractivity contribution >= 4 is 5.91 Å². The minimum Gasteiger partial charge on any atom is -0.493 e. The van der Waals surface area contributed by atoms with Crippen molar-refractivity contribution < 1.29 is 28.5 Å². The molecule has 2 rings (SSSR count). The van der Waals surface area contributed by atoms with E-state index >= 15 is 0 Å². The molecule has 0 aliphatic heterocycles. The van der Waals surface area contributed by atoms with E-state index in [0.717, 1.165) is 18.4 Å². The van der Waals surface area contributed by atoms with Crippen LogP contribution in [0, 0.1) is 0 Å². The maximum atomic E-state index is 12.6. The maximum absolute atomic E-state index is 12.6. The summed E-state index contributed by atoms with van der Waals surface area (Å²) in [6.45, 7) is 3.01. The van der Waals surface area contributed by atoms with Crippen molar-refractivity contribution in [1.29, 1.82) is 0 Å². The van der Waals surface area contributed by atoms with Crippen LogP contribution in [0.4, 0.5) is 0 Å². The summed E-state index contributed by atoms with van der Waals surface area (Å²) in [5.74, 6) is 2.51. The molecule has 2 aromatic rings. The third kappa shape index (κ3) is 5.70. The highest BCUT2D eigenvalue weighted by molar-refractivity contribution is 5.94. The molecule has 7 nitrogen and oxygen atoms in total. The highest BCUT2D eigenvalue weighted by Crippen LogP contribution is 2.38. The number of nitrogens with one attached hydrogen (secondary N) is 1. The third-order valence-electron chi connectivity index (χ3n) is 4.36. The van der Waals surface area contributed by atoms with E-state index in [1.165, 1.54) is 0 Å². The smallest absolute Gasteiger partial charge is 0.251 e. The zero-order valence-corrected chi connectivity index (χ0v) is 17.7. The van der Waals surface area contributed by atoms with Gasteiger partial charge in [-0.3, -0.25) is 4.79 Å². The van der Waals surface area contributed by atoms with Crippen LogP contribution in [0.1, 0.15) is 35.7 Å². The van der Waals surface area contributed by atoms with E-state index in [4.69, 9.17) is 23.7 Å². The number of hydrogen-bond acceptors (Lipinski definition) is 6. The zero-order valence-electron chi connectivity index (χ0n) is 17.7. The molecule has 1 amide bonds. The number of benzene rings is 2. The van der Waals surface area contributed by atoms with Crippen LogP contribution in [0.25, 0.3) is 0 Å². The van der Waals surface area contributed by atoms with Gasteiger partial charge in [-0.25, -0.2) is 0 Å². The van der Waals surface area contributed by atoms with Crippen molar-refractivity contribution in [2.75, 3.05) is 35.0 Å². The molecule has 0 radical (unpaired) electrons. The van der Waals surface area contributed by atoms with Gasteiger partial charge in [0.1, 0.15) is 0 Å². The molecular formula is C22H29NO6. The molecule has 0 heterocycles. The lowest BCUT2D eigenvalue weighted by molar-refractivity contribution is 0.0950. The molecule has 0 atom stereocenters. The van der Waals surface area contributed by atoms with Crippen LogP contribution in [0.2, 0.25) is 0 Å². The van der Waals surface area contributed by atoms with Crippen molar-refractivity contribution in [3.8, 4) is 28.7 Å². The maximum Gasteiger partial charge on any atom is 0.251 e. The number of ether oxygens (including phenoxy) is 5. The first-order chi connectivity index (χ1) is 14.1. The summed E-state index contributed by atoms with van der Waals surface area (Å²) in [7, 11) is 6.20. The van der Waals surface area contributed by atoms with Crippen LogP contribution in [0.15, 0.2) is 30.3 Å². The average Bonchev–Trinajstić information content (AvgIpc) is 2.76. The van der Waals surface area contributed by atoms with Gasteiger partial charge in [-0.15, -0.1) is 0 Å². The van der Waals surface area contributed by atoms with Gasteiger partial charge in [0.25, 0.3) is 5.91 Å². The van der Waals surface area contributed by atoms with Crippen molar-refractivity contribution in [3.63, 3.8) is 0 Å². The summed E-state index contributed by atoms with van der Waals surface area (Å²) in [5, 5.41) is 2.89.